The third kappa shape index (κ3) is 3.35. The quantitative estimate of drug-likeness (QED) is 0.755. The van der Waals surface area contributed by atoms with E-state index >= 15 is 0 Å². The van der Waals surface area contributed by atoms with Gasteiger partial charge in [-0.15, -0.1) is 0 Å². The van der Waals surface area contributed by atoms with Crippen molar-refractivity contribution in [3.63, 3.8) is 0 Å². The molecule has 0 aliphatic carbocycles. The number of hydrogen-bond acceptors (Lipinski definition) is 2. The third-order valence-corrected chi connectivity index (χ3v) is 2.23. The highest BCUT2D eigenvalue weighted by molar-refractivity contribution is 9.10. The maximum Gasteiger partial charge on any atom is 0.139 e. The zero-order valence-corrected chi connectivity index (χ0v) is 9.97. The van der Waals surface area contributed by atoms with Gasteiger partial charge in [-0.05, 0) is 49.7 Å². The minimum Gasteiger partial charge on any atom is -0.487 e. The number of aromatic nitrogens is 1. The predicted octanol–water partition coefficient (Wildman–Crippen LogP) is 3.33. The minimum atomic E-state index is -0.170. The number of hydrogen-bond donors (Lipinski definition) is 0. The first-order valence-corrected chi connectivity index (χ1v) is 4.99. The normalized spacial score (nSPS) is 11.5. The van der Waals surface area contributed by atoms with Crippen LogP contribution in [0.25, 0.3) is 0 Å². The number of ether oxygens (including phenoxy) is 1. The van der Waals surface area contributed by atoms with Crippen molar-refractivity contribution in [2.75, 3.05) is 0 Å². The summed E-state index contributed by atoms with van der Waals surface area (Å²) in [4.78, 5) is 4.19. The fourth-order valence-corrected chi connectivity index (χ4v) is 1.23. The molecule has 1 rings (SSSR count). The number of rotatable bonds is 1. The second-order valence-corrected chi connectivity index (χ2v) is 4.81. The zero-order chi connectivity index (χ0) is 10.1. The second kappa shape index (κ2) is 3.66. The third-order valence-electron chi connectivity index (χ3n) is 1.42. The summed E-state index contributed by atoms with van der Waals surface area (Å²) in [6.45, 7) is 7.99. The van der Waals surface area contributed by atoms with Gasteiger partial charge in [-0.2, -0.15) is 0 Å². The smallest absolute Gasteiger partial charge is 0.139 e. The molecule has 0 saturated carbocycles. The molecule has 13 heavy (non-hydrogen) atoms. The molecule has 0 atom stereocenters. The largest absolute Gasteiger partial charge is 0.487 e. The van der Waals surface area contributed by atoms with Crippen LogP contribution in [0.3, 0.4) is 0 Å². The lowest BCUT2D eigenvalue weighted by Crippen LogP contribution is -2.23. The van der Waals surface area contributed by atoms with Crippen molar-refractivity contribution in [3.8, 4) is 5.75 Å². The molecular weight excluding hydrogens is 230 g/mol. The summed E-state index contributed by atoms with van der Waals surface area (Å²) in [5.41, 5.74) is 0.803. The molecule has 0 amide bonds. The van der Waals surface area contributed by atoms with Gasteiger partial charge >= 0.3 is 0 Å². The summed E-state index contributed by atoms with van der Waals surface area (Å²) in [6, 6.07) is 1.94. The molecule has 1 aromatic heterocycles. The van der Waals surface area contributed by atoms with E-state index in [4.69, 9.17) is 4.74 Å². The summed E-state index contributed by atoms with van der Waals surface area (Å²) in [5.74, 6) is 0.796. The number of pyridine rings is 1. The Labute approximate surface area is 87.5 Å². The lowest BCUT2D eigenvalue weighted by molar-refractivity contribution is 0.130. The maximum absolute atomic E-state index is 5.64. The van der Waals surface area contributed by atoms with Gasteiger partial charge in [-0.1, -0.05) is 0 Å². The molecule has 0 fully saturated rings. The van der Waals surface area contributed by atoms with Crippen molar-refractivity contribution in [1.29, 1.82) is 0 Å². The summed E-state index contributed by atoms with van der Waals surface area (Å²) in [5, 5.41) is 0. The van der Waals surface area contributed by atoms with Gasteiger partial charge in [-0.3, -0.25) is 4.98 Å². The molecule has 0 saturated heterocycles. The molecule has 0 aliphatic rings. The molecule has 0 radical (unpaired) electrons. The Balaban J connectivity index is 2.86. The van der Waals surface area contributed by atoms with Gasteiger partial charge in [0.05, 0.1) is 11.9 Å². The van der Waals surface area contributed by atoms with Crippen LogP contribution in [0.4, 0.5) is 0 Å². The van der Waals surface area contributed by atoms with Gasteiger partial charge in [0.1, 0.15) is 11.4 Å². The monoisotopic (exact) mass is 243 g/mol. The lowest BCUT2D eigenvalue weighted by Gasteiger charge is -2.21. The first-order valence-electron chi connectivity index (χ1n) is 4.20. The number of nitrogens with zero attached hydrogens (tertiary/aromatic N) is 1. The van der Waals surface area contributed by atoms with Crippen molar-refractivity contribution in [1.82, 2.24) is 4.98 Å². The van der Waals surface area contributed by atoms with Gasteiger partial charge in [0.15, 0.2) is 0 Å². The minimum absolute atomic E-state index is 0.170. The molecule has 0 spiro atoms. The van der Waals surface area contributed by atoms with Crippen LogP contribution in [0.1, 0.15) is 26.5 Å². The molecule has 0 aliphatic heterocycles. The summed E-state index contributed by atoms with van der Waals surface area (Å²) in [7, 11) is 0. The van der Waals surface area contributed by atoms with Crippen LogP contribution in [0, 0.1) is 6.92 Å². The average molecular weight is 244 g/mol. The van der Waals surface area contributed by atoms with Crippen molar-refractivity contribution in [2.24, 2.45) is 0 Å². The van der Waals surface area contributed by atoms with E-state index in [2.05, 4.69) is 20.9 Å². The van der Waals surface area contributed by atoms with E-state index in [0.29, 0.717) is 0 Å². The zero-order valence-electron chi connectivity index (χ0n) is 8.39. The Bertz CT molecular complexity index is 304. The van der Waals surface area contributed by atoms with Crippen LogP contribution in [0.5, 0.6) is 5.75 Å². The SMILES string of the molecule is Cc1ncc(OC(C)(C)C)cc1Br. The standard InChI is InChI=1S/C10H14BrNO/c1-7-9(11)5-8(6-12-7)13-10(2,3)4/h5-6H,1-4H3. The molecule has 0 bridgehead atoms. The van der Waals surface area contributed by atoms with Crippen LogP contribution in [-0.2, 0) is 0 Å². The first-order chi connectivity index (χ1) is 5.88. The fraction of sp³-hybridized carbons (Fsp3) is 0.500. The molecule has 3 heteroatoms. The van der Waals surface area contributed by atoms with Crippen LogP contribution in [0.15, 0.2) is 16.7 Å². The van der Waals surface area contributed by atoms with E-state index in [1.165, 1.54) is 0 Å². The van der Waals surface area contributed by atoms with E-state index in [0.717, 1.165) is 15.9 Å². The Kier molecular flexibility index (Phi) is 2.96. The van der Waals surface area contributed by atoms with Gasteiger partial charge in [0, 0.05) is 4.47 Å². The molecule has 0 unspecified atom stereocenters. The van der Waals surface area contributed by atoms with Crippen LogP contribution in [-0.4, -0.2) is 10.6 Å². The van der Waals surface area contributed by atoms with E-state index in [1.54, 1.807) is 6.20 Å². The Morgan fingerprint density at radius 1 is 1.38 bits per heavy atom. The van der Waals surface area contributed by atoms with E-state index in [9.17, 15) is 0 Å². The highest BCUT2D eigenvalue weighted by Gasteiger charge is 2.12. The van der Waals surface area contributed by atoms with E-state index < -0.39 is 0 Å². The first kappa shape index (κ1) is 10.5. The number of halogens is 1. The molecule has 0 N–H and O–H groups in total. The van der Waals surface area contributed by atoms with Gasteiger partial charge in [-0.25, -0.2) is 0 Å². The second-order valence-electron chi connectivity index (χ2n) is 3.95. The highest BCUT2D eigenvalue weighted by Crippen LogP contribution is 2.22. The van der Waals surface area contributed by atoms with Crippen molar-refractivity contribution >= 4 is 15.9 Å². The van der Waals surface area contributed by atoms with E-state index in [1.807, 2.05) is 33.8 Å². The molecule has 0 aromatic carbocycles. The molecular formula is C10H14BrNO. The van der Waals surface area contributed by atoms with Crippen molar-refractivity contribution in [2.45, 2.75) is 33.3 Å². The molecule has 1 aromatic rings. The Hall–Kier alpha value is -0.570. The van der Waals surface area contributed by atoms with Gasteiger partial charge in [0.2, 0.25) is 0 Å². The van der Waals surface area contributed by atoms with Crippen LogP contribution in [0.2, 0.25) is 0 Å². The Morgan fingerprint density at radius 2 is 2.00 bits per heavy atom. The maximum atomic E-state index is 5.64. The lowest BCUT2D eigenvalue weighted by atomic mass is 10.2. The summed E-state index contributed by atoms with van der Waals surface area (Å²) >= 11 is 3.41. The van der Waals surface area contributed by atoms with E-state index in [-0.39, 0.29) is 5.60 Å². The number of aryl methyl sites for hydroxylation is 1. The van der Waals surface area contributed by atoms with Crippen molar-refractivity contribution < 1.29 is 4.74 Å². The topological polar surface area (TPSA) is 22.1 Å². The Morgan fingerprint density at radius 3 is 2.46 bits per heavy atom. The predicted molar refractivity (Wildman–Crippen MR) is 57.1 cm³/mol. The fourth-order valence-electron chi connectivity index (χ4n) is 0.898. The van der Waals surface area contributed by atoms with Crippen LogP contribution < -0.4 is 4.74 Å². The molecule has 2 nitrogen and oxygen atoms in total. The van der Waals surface area contributed by atoms with Gasteiger partial charge < -0.3 is 4.74 Å². The molecule has 1 heterocycles. The van der Waals surface area contributed by atoms with Crippen LogP contribution >= 0.6 is 15.9 Å². The molecule has 72 valence electrons. The average Bonchev–Trinajstić information content (AvgIpc) is 1.94. The van der Waals surface area contributed by atoms with Gasteiger partial charge in [0.25, 0.3) is 0 Å². The highest BCUT2D eigenvalue weighted by atomic mass is 79.9. The summed E-state index contributed by atoms with van der Waals surface area (Å²) in [6.07, 6.45) is 1.74. The van der Waals surface area contributed by atoms with Crippen molar-refractivity contribution in [3.05, 3.63) is 22.4 Å². The summed E-state index contributed by atoms with van der Waals surface area (Å²) < 4.78 is 6.63.